The van der Waals surface area contributed by atoms with E-state index in [1.807, 2.05) is 40.5 Å². The van der Waals surface area contributed by atoms with Crippen LogP contribution in [0.5, 0.6) is 0 Å². The molecular formula is C16H21F3N4O2. The summed E-state index contributed by atoms with van der Waals surface area (Å²) < 4.78 is 36.3. The molecule has 138 valence electrons. The van der Waals surface area contributed by atoms with Gasteiger partial charge in [-0.2, -0.15) is 13.2 Å². The van der Waals surface area contributed by atoms with Crippen molar-refractivity contribution in [3.63, 3.8) is 0 Å². The second-order valence-electron chi connectivity index (χ2n) is 5.80. The maximum Gasteiger partial charge on any atom is 0.405 e. The zero-order valence-electron chi connectivity index (χ0n) is 13.7. The molecule has 1 aliphatic rings. The molecule has 3 amide bonds. The molecule has 0 radical (unpaired) electrons. The van der Waals surface area contributed by atoms with Crippen molar-refractivity contribution in [2.75, 3.05) is 39.3 Å². The number of hydrogen-bond acceptors (Lipinski definition) is 3. The molecule has 6 nitrogen and oxygen atoms in total. The normalized spacial score (nSPS) is 15.7. The fraction of sp³-hybridized carbons (Fsp3) is 0.500. The number of benzene rings is 1. The van der Waals surface area contributed by atoms with E-state index in [1.165, 1.54) is 4.90 Å². The van der Waals surface area contributed by atoms with Crippen LogP contribution in [0, 0.1) is 0 Å². The van der Waals surface area contributed by atoms with Gasteiger partial charge >= 0.3 is 12.2 Å². The summed E-state index contributed by atoms with van der Waals surface area (Å²) in [6.45, 7) is 0.764. The van der Waals surface area contributed by atoms with E-state index in [1.54, 1.807) is 0 Å². The summed E-state index contributed by atoms with van der Waals surface area (Å²) >= 11 is 0. The lowest BCUT2D eigenvalue weighted by Gasteiger charge is -2.34. The van der Waals surface area contributed by atoms with Crippen LogP contribution in [0.1, 0.15) is 5.56 Å². The molecule has 1 saturated heterocycles. The van der Waals surface area contributed by atoms with Gasteiger partial charge in [-0.05, 0) is 5.56 Å². The number of carbonyl (C=O) groups excluding carboxylic acids is 2. The van der Waals surface area contributed by atoms with Crippen LogP contribution in [-0.4, -0.2) is 67.2 Å². The van der Waals surface area contributed by atoms with Crippen LogP contribution < -0.4 is 10.6 Å². The van der Waals surface area contributed by atoms with Gasteiger partial charge in [-0.15, -0.1) is 0 Å². The van der Waals surface area contributed by atoms with Gasteiger partial charge in [-0.1, -0.05) is 30.3 Å². The number of urea groups is 1. The van der Waals surface area contributed by atoms with E-state index in [9.17, 15) is 22.8 Å². The molecule has 0 saturated carbocycles. The first-order chi connectivity index (χ1) is 11.8. The highest BCUT2D eigenvalue weighted by molar-refractivity contribution is 5.78. The fourth-order valence-electron chi connectivity index (χ4n) is 2.45. The summed E-state index contributed by atoms with van der Waals surface area (Å²) in [5, 5.41) is 4.67. The molecule has 0 atom stereocenters. The van der Waals surface area contributed by atoms with Gasteiger partial charge in [-0.3, -0.25) is 9.69 Å². The van der Waals surface area contributed by atoms with Gasteiger partial charge in [-0.25, -0.2) is 4.79 Å². The van der Waals surface area contributed by atoms with Crippen LogP contribution >= 0.6 is 0 Å². The van der Waals surface area contributed by atoms with Crippen LogP contribution in [0.25, 0.3) is 0 Å². The van der Waals surface area contributed by atoms with Crippen molar-refractivity contribution in [3.05, 3.63) is 35.9 Å². The predicted octanol–water partition coefficient (Wildman–Crippen LogP) is 1.19. The molecule has 1 aromatic carbocycles. The number of nitrogens with zero attached hydrogens (tertiary/aromatic N) is 2. The van der Waals surface area contributed by atoms with Crippen molar-refractivity contribution >= 4 is 11.9 Å². The monoisotopic (exact) mass is 358 g/mol. The molecule has 0 bridgehead atoms. The second kappa shape index (κ2) is 8.70. The lowest BCUT2D eigenvalue weighted by Crippen LogP contribution is -2.54. The predicted molar refractivity (Wildman–Crippen MR) is 85.8 cm³/mol. The first-order valence-electron chi connectivity index (χ1n) is 7.96. The van der Waals surface area contributed by atoms with Gasteiger partial charge in [0, 0.05) is 32.7 Å². The van der Waals surface area contributed by atoms with Crippen LogP contribution in [0.4, 0.5) is 18.0 Å². The van der Waals surface area contributed by atoms with Crippen molar-refractivity contribution in [2.24, 2.45) is 0 Å². The molecule has 9 heteroatoms. The minimum atomic E-state index is -4.42. The average Bonchev–Trinajstić information content (AvgIpc) is 2.59. The number of nitrogens with one attached hydrogen (secondary N) is 2. The SMILES string of the molecule is O=C(CN1CCN(C(=O)NCC(F)(F)F)CC1)NCc1ccccc1. The standard InChI is InChI=1S/C16H21F3N4O2/c17-16(18,19)12-21-15(25)23-8-6-22(7-9-23)11-14(24)20-10-13-4-2-1-3-5-13/h1-5H,6-12H2,(H,20,24)(H,21,25). The van der Waals surface area contributed by atoms with E-state index < -0.39 is 18.8 Å². The Labute approximate surface area is 144 Å². The van der Waals surface area contributed by atoms with Crippen molar-refractivity contribution in [3.8, 4) is 0 Å². The van der Waals surface area contributed by atoms with Gasteiger partial charge in [0.1, 0.15) is 6.54 Å². The summed E-state index contributed by atoms with van der Waals surface area (Å²) in [6, 6.07) is 8.78. The molecule has 1 fully saturated rings. The Morgan fingerprint density at radius 2 is 1.64 bits per heavy atom. The first kappa shape index (κ1) is 19.0. The number of piperazine rings is 1. The zero-order chi connectivity index (χ0) is 18.3. The molecule has 0 unspecified atom stereocenters. The number of halogens is 3. The maximum atomic E-state index is 12.1. The number of hydrogen-bond donors (Lipinski definition) is 2. The van der Waals surface area contributed by atoms with E-state index in [0.717, 1.165) is 5.56 Å². The van der Waals surface area contributed by atoms with Crippen molar-refractivity contribution in [1.29, 1.82) is 0 Å². The summed E-state index contributed by atoms with van der Waals surface area (Å²) in [5.41, 5.74) is 1.00. The highest BCUT2D eigenvalue weighted by Crippen LogP contribution is 2.12. The Hall–Kier alpha value is -2.29. The maximum absolute atomic E-state index is 12.1. The summed E-state index contributed by atoms with van der Waals surface area (Å²) in [5.74, 6) is -0.126. The van der Waals surface area contributed by atoms with Crippen molar-refractivity contribution in [1.82, 2.24) is 20.4 Å². The third kappa shape index (κ3) is 7.00. The van der Waals surface area contributed by atoms with Crippen LogP contribution in [0.15, 0.2) is 30.3 Å². The van der Waals surface area contributed by atoms with Crippen LogP contribution in [0.2, 0.25) is 0 Å². The highest BCUT2D eigenvalue weighted by atomic mass is 19.4. The third-order valence-corrected chi connectivity index (χ3v) is 3.80. The Morgan fingerprint density at radius 1 is 1.00 bits per heavy atom. The molecule has 25 heavy (non-hydrogen) atoms. The van der Waals surface area contributed by atoms with Crippen molar-refractivity contribution in [2.45, 2.75) is 12.7 Å². The second-order valence-corrected chi connectivity index (χ2v) is 5.80. The molecule has 0 aliphatic carbocycles. The quantitative estimate of drug-likeness (QED) is 0.831. The topological polar surface area (TPSA) is 64.7 Å². The molecule has 2 N–H and O–H groups in total. The summed E-state index contributed by atoms with van der Waals surface area (Å²) in [6.07, 6.45) is -4.42. The smallest absolute Gasteiger partial charge is 0.351 e. The minimum Gasteiger partial charge on any atom is -0.351 e. The summed E-state index contributed by atoms with van der Waals surface area (Å²) in [7, 11) is 0. The van der Waals surface area contributed by atoms with Gasteiger partial charge in [0.25, 0.3) is 0 Å². The van der Waals surface area contributed by atoms with Crippen LogP contribution in [0.3, 0.4) is 0 Å². The number of carbonyl (C=O) groups is 2. The Kier molecular flexibility index (Phi) is 6.63. The molecule has 1 aromatic rings. The lowest BCUT2D eigenvalue weighted by molar-refractivity contribution is -0.124. The lowest BCUT2D eigenvalue weighted by atomic mass is 10.2. The molecule has 0 spiro atoms. The van der Waals surface area contributed by atoms with Gasteiger partial charge < -0.3 is 15.5 Å². The highest BCUT2D eigenvalue weighted by Gasteiger charge is 2.29. The van der Waals surface area contributed by atoms with E-state index in [-0.39, 0.29) is 25.5 Å². The fourth-order valence-corrected chi connectivity index (χ4v) is 2.45. The van der Waals surface area contributed by atoms with E-state index in [4.69, 9.17) is 0 Å². The Morgan fingerprint density at radius 3 is 2.24 bits per heavy atom. The average molecular weight is 358 g/mol. The third-order valence-electron chi connectivity index (χ3n) is 3.80. The number of rotatable bonds is 5. The van der Waals surface area contributed by atoms with E-state index >= 15 is 0 Å². The van der Waals surface area contributed by atoms with Gasteiger partial charge in [0.05, 0.1) is 6.54 Å². The Bertz CT molecular complexity index is 572. The molecule has 2 rings (SSSR count). The number of amides is 3. The molecule has 0 aromatic heterocycles. The zero-order valence-corrected chi connectivity index (χ0v) is 13.7. The molecule has 1 aliphatic heterocycles. The Balaban J connectivity index is 1.66. The molecule has 1 heterocycles. The number of alkyl halides is 3. The van der Waals surface area contributed by atoms with E-state index in [0.29, 0.717) is 19.6 Å². The molecular weight excluding hydrogens is 337 g/mol. The largest absolute Gasteiger partial charge is 0.405 e. The van der Waals surface area contributed by atoms with Crippen LogP contribution in [-0.2, 0) is 11.3 Å². The van der Waals surface area contributed by atoms with Crippen molar-refractivity contribution < 1.29 is 22.8 Å². The summed E-state index contributed by atoms with van der Waals surface area (Å²) in [4.78, 5) is 26.8. The van der Waals surface area contributed by atoms with Gasteiger partial charge in [0.2, 0.25) is 5.91 Å². The minimum absolute atomic E-state index is 0.126. The van der Waals surface area contributed by atoms with E-state index in [2.05, 4.69) is 5.32 Å². The first-order valence-corrected chi connectivity index (χ1v) is 7.96. The van der Waals surface area contributed by atoms with Gasteiger partial charge in [0.15, 0.2) is 0 Å².